The molecule has 0 aliphatic carbocycles. The fraction of sp³-hybridized carbons (Fsp3) is 0.425. The largest absolute Gasteiger partial charge is 0.272 e. The second-order valence-electron chi connectivity index (χ2n) is 12.4. The van der Waals surface area contributed by atoms with Crippen molar-refractivity contribution < 1.29 is 0 Å². The maximum Gasteiger partial charge on any atom is 0.0625 e. The maximum absolute atomic E-state index is 4.23. The van der Waals surface area contributed by atoms with E-state index in [0.29, 0.717) is 0 Å². The Balaban J connectivity index is 0.000000281. The molecule has 0 fully saturated rings. The summed E-state index contributed by atoms with van der Waals surface area (Å²) in [5.74, 6) is 0. The number of pyridine rings is 1. The van der Waals surface area contributed by atoms with Crippen molar-refractivity contribution in [3.63, 3.8) is 0 Å². The van der Waals surface area contributed by atoms with Gasteiger partial charge in [0.15, 0.2) is 0 Å². The molecular weight excluding hydrogens is 550 g/mol. The van der Waals surface area contributed by atoms with Gasteiger partial charge in [0.25, 0.3) is 0 Å². The van der Waals surface area contributed by atoms with E-state index in [1.165, 1.54) is 61.5 Å². The van der Waals surface area contributed by atoms with Crippen molar-refractivity contribution in [2.24, 2.45) is 14.1 Å². The number of hydrogen-bond donors (Lipinski definition) is 0. The smallest absolute Gasteiger partial charge is 0.0625 e. The predicted molar refractivity (Wildman–Crippen MR) is 195 cm³/mol. The van der Waals surface area contributed by atoms with E-state index in [-0.39, 0.29) is 0 Å². The van der Waals surface area contributed by atoms with Crippen LogP contribution >= 0.6 is 0 Å². The zero-order valence-corrected chi connectivity index (χ0v) is 31.4. The van der Waals surface area contributed by atoms with Gasteiger partial charge in [-0.25, -0.2) is 0 Å². The Labute approximate surface area is 274 Å². The number of nitrogens with zero attached hydrogens (tertiary/aromatic N) is 5. The zero-order chi connectivity index (χ0) is 34.6. The van der Waals surface area contributed by atoms with Gasteiger partial charge in [-0.2, -0.15) is 10.2 Å². The molecule has 3 heterocycles. The maximum atomic E-state index is 4.23. The second kappa shape index (κ2) is 18.1. The van der Waals surface area contributed by atoms with Crippen molar-refractivity contribution in [1.82, 2.24) is 24.5 Å². The minimum absolute atomic E-state index is 1.10. The SMILES string of the molecule is Cc1cc(C)nc(C)c1.Cc1ccc(C)c(C)c1.Cc1ccc(C)c(C)c1.Cc1nn(C)c(C)c1C.Cc1nn(C)c(C)c1C. The molecule has 0 N–H and O–H groups in total. The molecule has 5 nitrogen and oxygen atoms in total. The van der Waals surface area contributed by atoms with Crippen molar-refractivity contribution in [2.75, 3.05) is 0 Å². The van der Waals surface area contributed by atoms with Crippen LogP contribution in [0, 0.1) is 104 Å². The first-order chi connectivity index (χ1) is 20.8. The van der Waals surface area contributed by atoms with Gasteiger partial charge in [0.1, 0.15) is 0 Å². The standard InChI is InChI=1S/2C9H12.C8H11N.2C7H12N2/c2*1-7-4-5-8(2)9(3)6-7;1-6-4-7(2)9-8(3)5-6;2*1-5-6(2)8-9(4)7(5)3/h2*4-6H,1-3H3;4-5H,1-3H3;2*1-4H3. The van der Waals surface area contributed by atoms with Gasteiger partial charge in [0.05, 0.1) is 11.4 Å². The average Bonchev–Trinajstić information content (AvgIpc) is 3.30. The van der Waals surface area contributed by atoms with Gasteiger partial charge in [-0.1, -0.05) is 47.5 Å². The Morgan fingerprint density at radius 2 is 0.733 bits per heavy atom. The Kier molecular flexibility index (Phi) is 15.7. The molecule has 45 heavy (non-hydrogen) atoms. The molecule has 0 saturated heterocycles. The monoisotopic (exact) mass is 609 g/mol. The van der Waals surface area contributed by atoms with Crippen LogP contribution in [0.4, 0.5) is 0 Å². The van der Waals surface area contributed by atoms with Gasteiger partial charge in [-0.05, 0) is 155 Å². The topological polar surface area (TPSA) is 48.5 Å². The molecule has 0 radical (unpaired) electrons. The van der Waals surface area contributed by atoms with Crippen LogP contribution in [0.15, 0.2) is 48.5 Å². The second-order valence-corrected chi connectivity index (χ2v) is 12.4. The van der Waals surface area contributed by atoms with E-state index in [4.69, 9.17) is 0 Å². The Morgan fingerprint density at radius 1 is 0.400 bits per heavy atom. The lowest BCUT2D eigenvalue weighted by Gasteiger charge is -1.98. The normalized spacial score (nSPS) is 9.89. The highest BCUT2D eigenvalue weighted by molar-refractivity contribution is 5.29. The molecule has 0 aliphatic rings. The van der Waals surface area contributed by atoms with Gasteiger partial charge in [0.2, 0.25) is 0 Å². The van der Waals surface area contributed by atoms with E-state index in [1.54, 1.807) is 0 Å². The minimum Gasteiger partial charge on any atom is -0.272 e. The van der Waals surface area contributed by atoms with Gasteiger partial charge >= 0.3 is 0 Å². The molecule has 5 aromatic rings. The van der Waals surface area contributed by atoms with Crippen LogP contribution < -0.4 is 0 Å². The van der Waals surface area contributed by atoms with Gasteiger partial charge in [-0.15, -0.1) is 0 Å². The highest BCUT2D eigenvalue weighted by Gasteiger charge is 2.02. The van der Waals surface area contributed by atoms with Gasteiger partial charge < -0.3 is 0 Å². The van der Waals surface area contributed by atoms with Crippen LogP contribution in [-0.2, 0) is 14.1 Å². The number of aromatic nitrogens is 5. The van der Waals surface area contributed by atoms with Crippen LogP contribution in [0.2, 0.25) is 0 Å². The van der Waals surface area contributed by atoms with Crippen molar-refractivity contribution in [2.45, 2.75) is 104 Å². The molecule has 0 spiro atoms. The zero-order valence-electron chi connectivity index (χ0n) is 31.4. The fourth-order valence-corrected chi connectivity index (χ4v) is 4.59. The number of benzene rings is 2. The third-order valence-corrected chi connectivity index (χ3v) is 8.29. The van der Waals surface area contributed by atoms with E-state index in [9.17, 15) is 0 Å². The minimum atomic E-state index is 1.10. The molecule has 5 rings (SSSR count). The van der Waals surface area contributed by atoms with E-state index in [0.717, 1.165) is 22.8 Å². The predicted octanol–water partition coefficient (Wildman–Crippen LogP) is 9.92. The number of aryl methyl sites for hydroxylation is 13. The van der Waals surface area contributed by atoms with Crippen LogP contribution in [0.25, 0.3) is 0 Å². The Morgan fingerprint density at radius 3 is 0.911 bits per heavy atom. The fourth-order valence-electron chi connectivity index (χ4n) is 4.59. The van der Waals surface area contributed by atoms with E-state index in [1.807, 2.05) is 51.2 Å². The van der Waals surface area contributed by atoms with Crippen LogP contribution in [-0.4, -0.2) is 24.5 Å². The van der Waals surface area contributed by atoms with Crippen LogP contribution in [0.1, 0.15) is 84.2 Å². The summed E-state index contributed by atoms with van der Waals surface area (Å²) in [6.07, 6.45) is 0. The lowest BCUT2D eigenvalue weighted by molar-refractivity contribution is 0.730. The van der Waals surface area contributed by atoms with Crippen LogP contribution in [0.3, 0.4) is 0 Å². The highest BCUT2D eigenvalue weighted by atomic mass is 15.3. The summed E-state index contributed by atoms with van der Waals surface area (Å²) in [5, 5.41) is 8.45. The van der Waals surface area contributed by atoms with Gasteiger partial charge in [-0.3, -0.25) is 14.3 Å². The summed E-state index contributed by atoms with van der Waals surface area (Å²) in [4.78, 5) is 4.23. The Hall–Kier alpha value is -3.99. The first kappa shape index (κ1) is 39.0. The summed E-state index contributed by atoms with van der Waals surface area (Å²) in [6, 6.07) is 17.2. The molecule has 0 saturated carbocycles. The first-order valence-corrected chi connectivity index (χ1v) is 15.8. The molecule has 0 aliphatic heterocycles. The summed E-state index contributed by atoms with van der Waals surface area (Å²) in [7, 11) is 3.94. The molecule has 0 amide bonds. The van der Waals surface area contributed by atoms with Crippen molar-refractivity contribution in [3.8, 4) is 0 Å². The molecular formula is C40H59N5. The van der Waals surface area contributed by atoms with E-state index < -0.39 is 0 Å². The Bertz CT molecular complexity index is 1470. The lowest BCUT2D eigenvalue weighted by Crippen LogP contribution is -1.92. The quantitative estimate of drug-likeness (QED) is 0.176. The van der Waals surface area contributed by atoms with Gasteiger partial charge in [0, 0.05) is 36.9 Å². The summed E-state index contributed by atoms with van der Waals surface area (Å²) in [5.41, 5.74) is 19.1. The third-order valence-electron chi connectivity index (χ3n) is 8.29. The molecule has 244 valence electrons. The number of hydrogen-bond acceptors (Lipinski definition) is 3. The third kappa shape index (κ3) is 13.3. The molecule has 0 unspecified atom stereocenters. The highest BCUT2D eigenvalue weighted by Crippen LogP contribution is 2.10. The van der Waals surface area contributed by atoms with Crippen molar-refractivity contribution in [1.29, 1.82) is 0 Å². The first-order valence-electron chi connectivity index (χ1n) is 15.8. The summed E-state index contributed by atoms with van der Waals surface area (Å²) in [6.45, 7) is 31.3. The lowest BCUT2D eigenvalue weighted by atomic mass is 10.1. The molecule has 0 bridgehead atoms. The van der Waals surface area contributed by atoms with Crippen LogP contribution in [0.5, 0.6) is 0 Å². The summed E-state index contributed by atoms with van der Waals surface area (Å²) < 4.78 is 3.81. The van der Waals surface area contributed by atoms with Crippen molar-refractivity contribution in [3.05, 3.63) is 133 Å². The van der Waals surface area contributed by atoms with Crippen molar-refractivity contribution >= 4 is 0 Å². The summed E-state index contributed by atoms with van der Waals surface area (Å²) >= 11 is 0. The average molecular weight is 610 g/mol. The molecule has 0 atom stereocenters. The van der Waals surface area contributed by atoms with E-state index >= 15 is 0 Å². The molecule has 5 heteroatoms. The molecule has 3 aromatic heterocycles. The number of rotatable bonds is 0. The van der Waals surface area contributed by atoms with E-state index in [2.05, 4.69) is 140 Å². The molecule has 2 aromatic carbocycles.